The van der Waals surface area contributed by atoms with E-state index in [4.69, 9.17) is 15.2 Å². The Morgan fingerprint density at radius 1 is 1.50 bits per heavy atom. The molecule has 0 saturated carbocycles. The van der Waals surface area contributed by atoms with E-state index in [0.29, 0.717) is 6.42 Å². The maximum absolute atomic E-state index is 10.8. The highest BCUT2D eigenvalue weighted by Gasteiger charge is 2.20. The fourth-order valence-corrected chi connectivity index (χ4v) is 1.19. The fourth-order valence-electron chi connectivity index (χ4n) is 1.19. The predicted octanol–water partition coefficient (Wildman–Crippen LogP) is 1.77. The molecule has 7 heteroatoms. The normalized spacial score (nSPS) is 11.3. The van der Waals surface area contributed by atoms with Gasteiger partial charge >= 0.3 is 5.69 Å². The van der Waals surface area contributed by atoms with Gasteiger partial charge in [-0.2, -0.15) is 4.98 Å². The minimum Gasteiger partial charge on any atom is -0.473 e. The summed E-state index contributed by atoms with van der Waals surface area (Å²) in [5.41, 5.74) is 4.93. The molecule has 0 amide bonds. The number of nitrogen functional groups attached to an aromatic ring is 1. The SMILES string of the molecule is COC(C)(C)CCOc1nc(N)ccc1[N+](=O)[O-]. The Bertz CT molecular complexity index is 434. The fraction of sp³-hybridized carbons (Fsp3) is 0.545. The van der Waals surface area contributed by atoms with Crippen molar-refractivity contribution >= 4 is 11.5 Å². The van der Waals surface area contributed by atoms with Crippen LogP contribution in [0.15, 0.2) is 12.1 Å². The zero-order valence-electron chi connectivity index (χ0n) is 10.7. The van der Waals surface area contributed by atoms with Crippen molar-refractivity contribution < 1.29 is 14.4 Å². The number of anilines is 1. The molecule has 0 aliphatic carbocycles. The number of rotatable bonds is 6. The Balaban J connectivity index is 2.72. The van der Waals surface area contributed by atoms with Crippen molar-refractivity contribution in [2.45, 2.75) is 25.9 Å². The second kappa shape index (κ2) is 5.63. The summed E-state index contributed by atoms with van der Waals surface area (Å²) in [6.07, 6.45) is 0.580. The standard InChI is InChI=1S/C11H17N3O4/c1-11(2,17-3)6-7-18-10-8(14(15)16)4-5-9(12)13-10/h4-5H,6-7H2,1-3H3,(H2,12,13). The first kappa shape index (κ1) is 14.2. The molecule has 0 aromatic carbocycles. The molecular weight excluding hydrogens is 238 g/mol. The number of pyridine rings is 1. The van der Waals surface area contributed by atoms with Gasteiger partial charge in [-0.1, -0.05) is 0 Å². The monoisotopic (exact) mass is 255 g/mol. The van der Waals surface area contributed by atoms with Crippen LogP contribution in [0.5, 0.6) is 5.88 Å². The number of methoxy groups -OCH3 is 1. The van der Waals surface area contributed by atoms with E-state index in [9.17, 15) is 10.1 Å². The van der Waals surface area contributed by atoms with Crippen molar-refractivity contribution in [3.8, 4) is 5.88 Å². The molecule has 0 atom stereocenters. The number of hydrogen-bond donors (Lipinski definition) is 1. The van der Waals surface area contributed by atoms with Crippen LogP contribution in [0.3, 0.4) is 0 Å². The van der Waals surface area contributed by atoms with Crippen molar-refractivity contribution in [1.82, 2.24) is 4.98 Å². The molecule has 0 saturated heterocycles. The highest BCUT2D eigenvalue weighted by Crippen LogP contribution is 2.26. The largest absolute Gasteiger partial charge is 0.473 e. The van der Waals surface area contributed by atoms with Gasteiger partial charge in [0, 0.05) is 19.6 Å². The van der Waals surface area contributed by atoms with Gasteiger partial charge in [-0.05, 0) is 19.9 Å². The van der Waals surface area contributed by atoms with Gasteiger partial charge in [0.05, 0.1) is 17.1 Å². The minimum absolute atomic E-state index is 0.0631. The van der Waals surface area contributed by atoms with Crippen LogP contribution < -0.4 is 10.5 Å². The number of nitrogens with zero attached hydrogens (tertiary/aromatic N) is 2. The van der Waals surface area contributed by atoms with Crippen LogP contribution in [0.25, 0.3) is 0 Å². The van der Waals surface area contributed by atoms with E-state index in [0.717, 1.165) is 0 Å². The van der Waals surface area contributed by atoms with Crippen LogP contribution in [0, 0.1) is 10.1 Å². The highest BCUT2D eigenvalue weighted by molar-refractivity contribution is 5.46. The number of aromatic nitrogens is 1. The van der Waals surface area contributed by atoms with E-state index in [-0.39, 0.29) is 29.6 Å². The van der Waals surface area contributed by atoms with Crippen LogP contribution >= 0.6 is 0 Å². The molecule has 0 spiro atoms. The zero-order valence-corrected chi connectivity index (χ0v) is 10.7. The molecule has 0 aliphatic rings. The summed E-state index contributed by atoms with van der Waals surface area (Å²) >= 11 is 0. The maximum atomic E-state index is 10.8. The zero-order chi connectivity index (χ0) is 13.8. The van der Waals surface area contributed by atoms with Gasteiger partial charge in [0.2, 0.25) is 0 Å². The summed E-state index contributed by atoms with van der Waals surface area (Å²) in [5, 5.41) is 10.8. The quantitative estimate of drug-likeness (QED) is 0.614. The lowest BCUT2D eigenvalue weighted by molar-refractivity contribution is -0.386. The summed E-state index contributed by atoms with van der Waals surface area (Å²) in [7, 11) is 1.60. The molecule has 0 fully saturated rings. The van der Waals surface area contributed by atoms with Crippen molar-refractivity contribution in [1.29, 1.82) is 0 Å². The van der Waals surface area contributed by atoms with Crippen molar-refractivity contribution in [2.24, 2.45) is 0 Å². The molecule has 0 radical (unpaired) electrons. The molecule has 100 valence electrons. The number of hydrogen-bond acceptors (Lipinski definition) is 6. The van der Waals surface area contributed by atoms with Gasteiger partial charge in [0.25, 0.3) is 5.88 Å². The Labute approximate surface area is 105 Å². The molecule has 2 N–H and O–H groups in total. The molecule has 7 nitrogen and oxygen atoms in total. The van der Waals surface area contributed by atoms with E-state index in [1.165, 1.54) is 12.1 Å². The Hall–Kier alpha value is -1.89. The lowest BCUT2D eigenvalue weighted by Gasteiger charge is -2.22. The van der Waals surface area contributed by atoms with Gasteiger partial charge in [-0.25, -0.2) is 0 Å². The van der Waals surface area contributed by atoms with Gasteiger partial charge < -0.3 is 15.2 Å². The Morgan fingerprint density at radius 3 is 2.72 bits per heavy atom. The molecule has 1 aromatic heterocycles. The van der Waals surface area contributed by atoms with Gasteiger partial charge in [-0.15, -0.1) is 0 Å². The van der Waals surface area contributed by atoms with Crippen molar-refractivity contribution in [2.75, 3.05) is 19.5 Å². The summed E-state index contributed by atoms with van der Waals surface area (Å²) < 4.78 is 10.5. The summed E-state index contributed by atoms with van der Waals surface area (Å²) in [6, 6.07) is 2.64. The van der Waals surface area contributed by atoms with E-state index in [2.05, 4.69) is 4.98 Å². The van der Waals surface area contributed by atoms with E-state index < -0.39 is 4.92 Å². The molecule has 1 rings (SSSR count). The van der Waals surface area contributed by atoms with Crippen LogP contribution in [0.2, 0.25) is 0 Å². The number of ether oxygens (including phenoxy) is 2. The average Bonchev–Trinajstić information content (AvgIpc) is 2.28. The molecule has 1 aromatic rings. The third kappa shape index (κ3) is 3.85. The summed E-state index contributed by atoms with van der Waals surface area (Å²) in [6.45, 7) is 4.06. The number of nitrogens with two attached hydrogens (primary N) is 1. The van der Waals surface area contributed by atoms with Gasteiger partial charge in [-0.3, -0.25) is 10.1 Å². The van der Waals surface area contributed by atoms with E-state index >= 15 is 0 Å². The van der Waals surface area contributed by atoms with Crippen LogP contribution in [0.4, 0.5) is 11.5 Å². The predicted molar refractivity (Wildman–Crippen MR) is 66.5 cm³/mol. The second-order valence-electron chi connectivity index (χ2n) is 4.38. The first-order valence-corrected chi connectivity index (χ1v) is 5.44. The van der Waals surface area contributed by atoms with Crippen molar-refractivity contribution in [3.63, 3.8) is 0 Å². The number of nitro groups is 1. The van der Waals surface area contributed by atoms with Crippen LogP contribution in [-0.4, -0.2) is 29.2 Å². The Kier molecular flexibility index (Phi) is 4.43. The first-order chi connectivity index (χ1) is 8.35. The van der Waals surface area contributed by atoms with Crippen molar-refractivity contribution in [3.05, 3.63) is 22.2 Å². The molecule has 18 heavy (non-hydrogen) atoms. The van der Waals surface area contributed by atoms with Gasteiger partial charge in [0.1, 0.15) is 5.82 Å². The third-order valence-electron chi connectivity index (χ3n) is 2.55. The molecule has 0 bridgehead atoms. The summed E-state index contributed by atoms with van der Waals surface area (Å²) in [4.78, 5) is 14.0. The first-order valence-electron chi connectivity index (χ1n) is 5.44. The average molecular weight is 255 g/mol. The van der Waals surface area contributed by atoms with E-state index in [1.807, 2.05) is 13.8 Å². The minimum atomic E-state index is -0.552. The maximum Gasteiger partial charge on any atom is 0.331 e. The van der Waals surface area contributed by atoms with Crippen LogP contribution in [-0.2, 0) is 4.74 Å². The smallest absolute Gasteiger partial charge is 0.331 e. The third-order valence-corrected chi connectivity index (χ3v) is 2.55. The topological polar surface area (TPSA) is 101 Å². The Morgan fingerprint density at radius 2 is 2.17 bits per heavy atom. The molecule has 1 heterocycles. The van der Waals surface area contributed by atoms with Crippen LogP contribution in [0.1, 0.15) is 20.3 Å². The van der Waals surface area contributed by atoms with Gasteiger partial charge in [0.15, 0.2) is 0 Å². The lowest BCUT2D eigenvalue weighted by Crippen LogP contribution is -2.25. The molecule has 0 unspecified atom stereocenters. The molecular formula is C11H17N3O4. The molecule has 0 aliphatic heterocycles. The second-order valence-corrected chi connectivity index (χ2v) is 4.38. The van der Waals surface area contributed by atoms with E-state index in [1.54, 1.807) is 7.11 Å². The lowest BCUT2D eigenvalue weighted by atomic mass is 10.1. The summed E-state index contributed by atoms with van der Waals surface area (Å²) in [5.74, 6) is 0.119. The highest BCUT2D eigenvalue weighted by atomic mass is 16.6.